The zero-order valence-corrected chi connectivity index (χ0v) is 14.1. The molecule has 0 spiro atoms. The molecule has 0 unspecified atom stereocenters. The third kappa shape index (κ3) is 3.12. The molecule has 2 aromatic rings. The first-order chi connectivity index (χ1) is 11.8. The smallest absolute Gasteiger partial charge is 0.335 e. The number of hydrogen-bond acceptors (Lipinski definition) is 5. The molecule has 25 heavy (non-hydrogen) atoms. The third-order valence-corrected chi connectivity index (χ3v) is 4.65. The Bertz CT molecular complexity index is 805. The van der Waals surface area contributed by atoms with Crippen molar-refractivity contribution in [2.75, 3.05) is 13.1 Å². The first kappa shape index (κ1) is 17.1. The van der Waals surface area contributed by atoms with E-state index in [0.717, 1.165) is 11.3 Å². The lowest BCUT2D eigenvalue weighted by atomic mass is 9.91. The van der Waals surface area contributed by atoms with Gasteiger partial charge in [0.1, 0.15) is 0 Å². The molecule has 1 aromatic heterocycles. The molecule has 2 N–H and O–H groups in total. The second-order valence-corrected chi connectivity index (χ2v) is 6.40. The van der Waals surface area contributed by atoms with Crippen LogP contribution in [-0.4, -0.2) is 60.7 Å². The number of aromatic nitrogens is 3. The van der Waals surface area contributed by atoms with Gasteiger partial charge in [-0.05, 0) is 26.0 Å². The Hall–Kier alpha value is -2.74. The summed E-state index contributed by atoms with van der Waals surface area (Å²) in [5.74, 6) is -1.55. The minimum absolute atomic E-state index is 0.000774. The number of amides is 1. The summed E-state index contributed by atoms with van der Waals surface area (Å²) in [7, 11) is 0. The molecule has 1 saturated heterocycles. The molecule has 8 nitrogen and oxygen atoms in total. The lowest BCUT2D eigenvalue weighted by Gasteiger charge is -2.35. The highest BCUT2D eigenvalue weighted by molar-refractivity contribution is 5.93. The fourth-order valence-corrected chi connectivity index (χ4v) is 2.90. The van der Waals surface area contributed by atoms with Crippen molar-refractivity contribution in [3.8, 4) is 5.69 Å². The number of aliphatic hydroxyl groups is 1. The quantitative estimate of drug-likeness (QED) is 0.858. The number of rotatable bonds is 3. The second kappa shape index (κ2) is 6.29. The van der Waals surface area contributed by atoms with E-state index in [9.17, 15) is 14.7 Å². The van der Waals surface area contributed by atoms with Crippen LogP contribution in [0, 0.1) is 13.8 Å². The largest absolute Gasteiger partial charge is 0.479 e. The minimum Gasteiger partial charge on any atom is -0.479 e. The number of piperidine rings is 1. The van der Waals surface area contributed by atoms with Gasteiger partial charge in [-0.2, -0.15) is 0 Å². The number of carbonyl (C=O) groups is 2. The zero-order chi connectivity index (χ0) is 18.2. The molecule has 0 bridgehead atoms. The second-order valence-electron chi connectivity index (χ2n) is 6.40. The van der Waals surface area contributed by atoms with Crippen molar-refractivity contribution in [2.45, 2.75) is 32.3 Å². The van der Waals surface area contributed by atoms with E-state index >= 15 is 0 Å². The molecule has 0 radical (unpaired) electrons. The van der Waals surface area contributed by atoms with E-state index in [-0.39, 0.29) is 37.5 Å². The van der Waals surface area contributed by atoms with E-state index in [1.54, 1.807) is 11.6 Å². The van der Waals surface area contributed by atoms with Crippen molar-refractivity contribution >= 4 is 11.9 Å². The molecule has 1 aliphatic rings. The first-order valence-corrected chi connectivity index (χ1v) is 8.06. The van der Waals surface area contributed by atoms with Crippen LogP contribution >= 0.6 is 0 Å². The standard InChI is InChI=1S/C17H20N4O4/c1-11-3-5-13(6-4-11)21-12(2)14(18-19-21)15(22)20-9-7-17(25,8-10-20)16(23)24/h3-6,25H,7-10H2,1-2H3,(H,23,24). The van der Waals surface area contributed by atoms with Crippen molar-refractivity contribution in [3.05, 3.63) is 41.2 Å². The fraction of sp³-hybridized carbons (Fsp3) is 0.412. The van der Waals surface area contributed by atoms with Gasteiger partial charge in [0, 0.05) is 25.9 Å². The van der Waals surface area contributed by atoms with Crippen molar-refractivity contribution in [1.29, 1.82) is 0 Å². The number of aliphatic carboxylic acids is 1. The van der Waals surface area contributed by atoms with Gasteiger partial charge in [0.2, 0.25) is 0 Å². The molecule has 132 valence electrons. The maximum atomic E-state index is 12.7. The number of benzene rings is 1. The van der Waals surface area contributed by atoms with Crippen molar-refractivity contribution in [1.82, 2.24) is 19.9 Å². The predicted octanol–water partition coefficient (Wildman–Crippen LogP) is 0.936. The van der Waals surface area contributed by atoms with E-state index in [4.69, 9.17) is 5.11 Å². The summed E-state index contributed by atoms with van der Waals surface area (Å²) < 4.78 is 1.60. The Labute approximate surface area is 144 Å². The fourth-order valence-electron chi connectivity index (χ4n) is 2.90. The van der Waals surface area contributed by atoms with Gasteiger partial charge in [0.05, 0.1) is 11.4 Å². The third-order valence-electron chi connectivity index (χ3n) is 4.65. The molecular formula is C17H20N4O4. The van der Waals surface area contributed by atoms with Crippen LogP contribution in [0.2, 0.25) is 0 Å². The number of carboxylic acids is 1. The number of nitrogens with zero attached hydrogens (tertiary/aromatic N) is 4. The number of carbonyl (C=O) groups excluding carboxylic acids is 1. The minimum atomic E-state index is -1.76. The summed E-state index contributed by atoms with van der Waals surface area (Å²) in [4.78, 5) is 25.3. The topological polar surface area (TPSA) is 109 Å². The molecule has 8 heteroatoms. The Morgan fingerprint density at radius 2 is 1.72 bits per heavy atom. The van der Waals surface area contributed by atoms with Gasteiger partial charge in [-0.1, -0.05) is 22.9 Å². The zero-order valence-electron chi connectivity index (χ0n) is 14.1. The lowest BCUT2D eigenvalue weighted by molar-refractivity contribution is -0.162. The van der Waals surface area contributed by atoms with Crippen LogP contribution in [0.5, 0.6) is 0 Å². The van der Waals surface area contributed by atoms with Gasteiger partial charge >= 0.3 is 5.97 Å². The van der Waals surface area contributed by atoms with E-state index in [2.05, 4.69) is 10.3 Å². The van der Waals surface area contributed by atoms with E-state index in [1.165, 1.54) is 4.90 Å². The van der Waals surface area contributed by atoms with Gasteiger partial charge in [0.15, 0.2) is 11.3 Å². The molecule has 0 atom stereocenters. The summed E-state index contributed by atoms with van der Waals surface area (Å²) in [5.41, 5.74) is 1.03. The van der Waals surface area contributed by atoms with Gasteiger partial charge in [-0.15, -0.1) is 5.10 Å². The Kier molecular flexibility index (Phi) is 4.30. The molecule has 3 rings (SSSR count). The molecule has 1 fully saturated rings. The maximum Gasteiger partial charge on any atom is 0.335 e. The van der Waals surface area contributed by atoms with E-state index in [1.807, 2.05) is 31.2 Å². The molecule has 1 aromatic carbocycles. The van der Waals surface area contributed by atoms with Crippen molar-refractivity contribution in [2.24, 2.45) is 0 Å². The van der Waals surface area contributed by atoms with Crippen LogP contribution in [0.4, 0.5) is 0 Å². The van der Waals surface area contributed by atoms with Gasteiger partial charge in [0.25, 0.3) is 5.91 Å². The maximum absolute atomic E-state index is 12.7. The van der Waals surface area contributed by atoms with Crippen LogP contribution in [-0.2, 0) is 4.79 Å². The van der Waals surface area contributed by atoms with Crippen LogP contribution in [0.3, 0.4) is 0 Å². The molecule has 0 saturated carbocycles. The average Bonchev–Trinajstić information content (AvgIpc) is 2.97. The van der Waals surface area contributed by atoms with Gasteiger partial charge in [-0.3, -0.25) is 4.79 Å². The number of likely N-dealkylation sites (tertiary alicyclic amines) is 1. The number of carboxylic acid groups (broad SMARTS) is 1. The van der Waals surface area contributed by atoms with Gasteiger partial charge in [-0.25, -0.2) is 9.48 Å². The SMILES string of the molecule is Cc1ccc(-n2nnc(C(=O)N3CCC(O)(C(=O)O)CC3)c2C)cc1. The molecule has 1 amide bonds. The van der Waals surface area contributed by atoms with Crippen LogP contribution in [0.15, 0.2) is 24.3 Å². The summed E-state index contributed by atoms with van der Waals surface area (Å²) in [6.45, 7) is 4.09. The summed E-state index contributed by atoms with van der Waals surface area (Å²) in [6.07, 6.45) is -0.00155. The first-order valence-electron chi connectivity index (χ1n) is 8.06. The number of aryl methyl sites for hydroxylation is 1. The highest BCUT2D eigenvalue weighted by Gasteiger charge is 2.41. The summed E-state index contributed by atoms with van der Waals surface area (Å²) >= 11 is 0. The highest BCUT2D eigenvalue weighted by Crippen LogP contribution is 2.24. The van der Waals surface area contributed by atoms with Crippen LogP contribution < -0.4 is 0 Å². The predicted molar refractivity (Wildman–Crippen MR) is 88.6 cm³/mol. The molecule has 2 heterocycles. The Morgan fingerprint density at radius 1 is 1.12 bits per heavy atom. The van der Waals surface area contributed by atoms with Crippen molar-refractivity contribution < 1.29 is 19.8 Å². The van der Waals surface area contributed by atoms with E-state index < -0.39 is 11.6 Å². The Balaban J connectivity index is 1.78. The van der Waals surface area contributed by atoms with Crippen LogP contribution in [0.25, 0.3) is 5.69 Å². The van der Waals surface area contributed by atoms with Crippen molar-refractivity contribution in [3.63, 3.8) is 0 Å². The number of hydrogen-bond donors (Lipinski definition) is 2. The van der Waals surface area contributed by atoms with Gasteiger partial charge < -0.3 is 15.1 Å². The summed E-state index contributed by atoms with van der Waals surface area (Å²) in [6, 6.07) is 7.71. The highest BCUT2D eigenvalue weighted by atomic mass is 16.4. The summed E-state index contributed by atoms with van der Waals surface area (Å²) in [5, 5.41) is 27.1. The molecular weight excluding hydrogens is 324 g/mol. The van der Waals surface area contributed by atoms with E-state index in [0.29, 0.717) is 5.69 Å². The molecule has 0 aliphatic carbocycles. The normalized spacial score (nSPS) is 16.7. The Morgan fingerprint density at radius 3 is 2.28 bits per heavy atom. The van der Waals surface area contributed by atoms with Crippen LogP contribution in [0.1, 0.15) is 34.6 Å². The monoisotopic (exact) mass is 344 g/mol. The average molecular weight is 344 g/mol. The lowest BCUT2D eigenvalue weighted by Crippen LogP contribution is -2.51. The molecule has 1 aliphatic heterocycles.